The van der Waals surface area contributed by atoms with Gasteiger partial charge in [-0.05, 0) is 0 Å². The zero-order chi connectivity index (χ0) is 14.4. The van der Waals surface area contributed by atoms with Gasteiger partial charge in [-0.25, -0.2) is 4.79 Å². The van der Waals surface area contributed by atoms with Gasteiger partial charge in [0.2, 0.25) is 6.29 Å². The largest absolute Gasteiger partial charge is 0.508 e. The average molecular weight is 276 g/mol. The highest BCUT2D eigenvalue weighted by molar-refractivity contribution is 5.67. The van der Waals surface area contributed by atoms with Gasteiger partial charge in [-0.1, -0.05) is 0 Å². The summed E-state index contributed by atoms with van der Waals surface area (Å²) in [7, 11) is 1.18. The Bertz CT molecular complexity index is 329. The van der Waals surface area contributed by atoms with Gasteiger partial charge in [0.05, 0.1) is 13.2 Å². The second-order valence-electron chi connectivity index (χ2n) is 3.88. The van der Waals surface area contributed by atoms with Gasteiger partial charge in [0, 0.05) is 20.3 Å². The number of carbonyl (C=O) groups excluding carboxylic acids is 3. The van der Waals surface area contributed by atoms with Crippen LogP contribution in [0, 0.1) is 0 Å². The first kappa shape index (κ1) is 15.2. The first-order valence-corrected chi connectivity index (χ1v) is 5.63. The minimum absolute atomic E-state index is 0.0811. The molecule has 8 heteroatoms. The molecule has 0 bridgehead atoms. The van der Waals surface area contributed by atoms with Crippen LogP contribution in [0.4, 0.5) is 4.79 Å². The van der Waals surface area contributed by atoms with Crippen molar-refractivity contribution in [1.29, 1.82) is 0 Å². The molecular formula is C11H16O8. The molecule has 1 unspecified atom stereocenters. The summed E-state index contributed by atoms with van der Waals surface area (Å²) >= 11 is 0. The molecule has 0 saturated carbocycles. The van der Waals surface area contributed by atoms with Crippen LogP contribution in [0.15, 0.2) is 0 Å². The number of carbonyl (C=O) groups is 3. The lowest BCUT2D eigenvalue weighted by atomic mass is 10.2. The Labute approximate surface area is 109 Å². The summed E-state index contributed by atoms with van der Waals surface area (Å²) in [5.74, 6) is -1.07. The number of ether oxygens (including phenoxy) is 5. The van der Waals surface area contributed by atoms with Crippen LogP contribution in [-0.4, -0.2) is 50.3 Å². The number of rotatable bonds is 4. The number of hydrogen-bond acceptors (Lipinski definition) is 8. The molecule has 0 aliphatic carbocycles. The van der Waals surface area contributed by atoms with E-state index in [0.717, 1.165) is 0 Å². The maximum Gasteiger partial charge on any atom is 0.508 e. The minimum Gasteiger partial charge on any atom is -0.456 e. The van der Waals surface area contributed by atoms with E-state index in [4.69, 9.17) is 18.9 Å². The zero-order valence-corrected chi connectivity index (χ0v) is 10.9. The smallest absolute Gasteiger partial charge is 0.456 e. The Kier molecular flexibility index (Phi) is 5.56. The van der Waals surface area contributed by atoms with Crippen LogP contribution in [0.5, 0.6) is 0 Å². The monoisotopic (exact) mass is 276 g/mol. The van der Waals surface area contributed by atoms with Gasteiger partial charge in [0.15, 0.2) is 6.10 Å². The van der Waals surface area contributed by atoms with Crippen LogP contribution in [0.1, 0.15) is 20.3 Å². The zero-order valence-electron chi connectivity index (χ0n) is 10.9. The summed E-state index contributed by atoms with van der Waals surface area (Å²) in [6.07, 6.45) is -2.83. The Morgan fingerprint density at radius 2 is 1.79 bits per heavy atom. The fourth-order valence-electron chi connectivity index (χ4n) is 1.61. The average Bonchev–Trinajstić information content (AvgIpc) is 2.66. The van der Waals surface area contributed by atoms with Gasteiger partial charge >= 0.3 is 18.1 Å². The fraction of sp³-hybridized carbons (Fsp3) is 0.727. The van der Waals surface area contributed by atoms with Crippen LogP contribution in [-0.2, 0) is 33.3 Å². The van der Waals surface area contributed by atoms with Crippen molar-refractivity contribution in [2.45, 2.75) is 38.8 Å². The second-order valence-corrected chi connectivity index (χ2v) is 3.88. The summed E-state index contributed by atoms with van der Waals surface area (Å²) < 4.78 is 24.2. The molecule has 0 aromatic rings. The molecule has 0 aromatic heterocycles. The lowest BCUT2D eigenvalue weighted by Gasteiger charge is -2.17. The topological polar surface area (TPSA) is 97.4 Å². The molecule has 1 aliphatic rings. The Morgan fingerprint density at radius 3 is 2.32 bits per heavy atom. The highest BCUT2D eigenvalue weighted by Gasteiger charge is 2.40. The van der Waals surface area contributed by atoms with Crippen molar-refractivity contribution in [3.63, 3.8) is 0 Å². The highest BCUT2D eigenvalue weighted by Crippen LogP contribution is 2.25. The van der Waals surface area contributed by atoms with Crippen LogP contribution in [0.2, 0.25) is 0 Å². The molecule has 1 rings (SSSR count). The third kappa shape index (κ3) is 5.12. The molecule has 0 spiro atoms. The molecule has 108 valence electrons. The number of methoxy groups -OCH3 is 1. The predicted molar refractivity (Wildman–Crippen MR) is 59.0 cm³/mol. The summed E-state index contributed by atoms with van der Waals surface area (Å²) in [4.78, 5) is 32.6. The summed E-state index contributed by atoms with van der Waals surface area (Å²) in [6, 6.07) is 0. The van der Waals surface area contributed by atoms with E-state index in [0.29, 0.717) is 0 Å². The van der Waals surface area contributed by atoms with E-state index in [1.165, 1.54) is 21.0 Å². The molecule has 1 aliphatic heterocycles. The molecule has 1 saturated heterocycles. The van der Waals surface area contributed by atoms with Crippen molar-refractivity contribution in [2.24, 2.45) is 0 Å². The van der Waals surface area contributed by atoms with Crippen LogP contribution in [0.25, 0.3) is 0 Å². The minimum atomic E-state index is -0.993. The maximum atomic E-state index is 10.9. The molecule has 0 aromatic carbocycles. The van der Waals surface area contributed by atoms with Crippen LogP contribution in [0.3, 0.4) is 0 Å². The van der Waals surface area contributed by atoms with Crippen LogP contribution >= 0.6 is 0 Å². The molecular weight excluding hydrogens is 260 g/mol. The van der Waals surface area contributed by atoms with Gasteiger partial charge in [-0.3, -0.25) is 9.59 Å². The fourth-order valence-corrected chi connectivity index (χ4v) is 1.61. The highest BCUT2D eigenvalue weighted by atomic mass is 16.7. The standard InChI is InChI=1S/C11H16O8/c1-6(12)17-9-4-8(5-16-11(14)15-3)19-10(9)18-7(2)13/h8-10H,4-5H2,1-3H3/t8-,9+,10?/m0/s1. The van der Waals surface area contributed by atoms with Crippen molar-refractivity contribution in [2.75, 3.05) is 13.7 Å². The molecule has 0 amide bonds. The van der Waals surface area contributed by atoms with Gasteiger partial charge in [-0.2, -0.15) is 0 Å². The second kappa shape index (κ2) is 6.93. The van der Waals surface area contributed by atoms with Crippen molar-refractivity contribution < 1.29 is 38.1 Å². The quantitative estimate of drug-likeness (QED) is 0.537. The first-order valence-electron chi connectivity index (χ1n) is 5.63. The lowest BCUT2D eigenvalue weighted by Crippen LogP contribution is -2.30. The van der Waals surface area contributed by atoms with E-state index in [9.17, 15) is 14.4 Å². The van der Waals surface area contributed by atoms with Crippen molar-refractivity contribution in [3.05, 3.63) is 0 Å². The Morgan fingerprint density at radius 1 is 1.16 bits per heavy atom. The predicted octanol–water partition coefficient (Wildman–Crippen LogP) is 0.379. The van der Waals surface area contributed by atoms with E-state index >= 15 is 0 Å². The third-order valence-electron chi connectivity index (χ3n) is 2.28. The number of esters is 2. The Hall–Kier alpha value is -1.83. The van der Waals surface area contributed by atoms with Crippen molar-refractivity contribution in [1.82, 2.24) is 0 Å². The molecule has 0 radical (unpaired) electrons. The molecule has 8 nitrogen and oxygen atoms in total. The van der Waals surface area contributed by atoms with E-state index < -0.39 is 36.6 Å². The van der Waals surface area contributed by atoms with Gasteiger partial charge < -0.3 is 23.7 Å². The van der Waals surface area contributed by atoms with Gasteiger partial charge in [-0.15, -0.1) is 0 Å². The summed E-state index contributed by atoms with van der Waals surface area (Å²) in [5.41, 5.74) is 0. The van der Waals surface area contributed by atoms with E-state index in [2.05, 4.69) is 4.74 Å². The maximum absolute atomic E-state index is 10.9. The first-order chi connectivity index (χ1) is 8.92. The molecule has 1 heterocycles. The SMILES string of the molecule is COC(=O)OC[C@@H]1C[C@@H](OC(C)=O)C(OC(C)=O)O1. The van der Waals surface area contributed by atoms with E-state index in [1.54, 1.807) is 0 Å². The van der Waals surface area contributed by atoms with E-state index in [-0.39, 0.29) is 13.0 Å². The molecule has 19 heavy (non-hydrogen) atoms. The van der Waals surface area contributed by atoms with Crippen LogP contribution < -0.4 is 0 Å². The van der Waals surface area contributed by atoms with Crippen molar-refractivity contribution >= 4 is 18.1 Å². The summed E-state index contributed by atoms with van der Waals surface area (Å²) in [5, 5.41) is 0. The molecule has 1 fully saturated rings. The molecule has 3 atom stereocenters. The van der Waals surface area contributed by atoms with E-state index in [1.807, 2.05) is 0 Å². The number of hydrogen-bond donors (Lipinski definition) is 0. The summed E-state index contributed by atoms with van der Waals surface area (Å²) in [6.45, 7) is 2.37. The normalized spacial score (nSPS) is 25.5. The lowest BCUT2D eigenvalue weighted by molar-refractivity contribution is -0.195. The van der Waals surface area contributed by atoms with Gasteiger partial charge in [0.25, 0.3) is 0 Å². The Balaban J connectivity index is 2.52. The molecule has 0 N–H and O–H groups in total. The van der Waals surface area contributed by atoms with Crippen molar-refractivity contribution in [3.8, 4) is 0 Å². The van der Waals surface area contributed by atoms with Gasteiger partial charge in [0.1, 0.15) is 6.61 Å². The third-order valence-corrected chi connectivity index (χ3v) is 2.28.